The van der Waals surface area contributed by atoms with E-state index < -0.39 is 0 Å². The van der Waals surface area contributed by atoms with Crippen molar-refractivity contribution in [3.63, 3.8) is 0 Å². The molecule has 1 aromatic heterocycles. The summed E-state index contributed by atoms with van der Waals surface area (Å²) < 4.78 is 0. The van der Waals surface area contributed by atoms with Gasteiger partial charge in [0.2, 0.25) is 0 Å². The Balaban J connectivity index is 2.10. The molecule has 1 fully saturated rings. The van der Waals surface area contributed by atoms with E-state index in [2.05, 4.69) is 34.7 Å². The molecule has 1 aliphatic rings. The number of anilines is 1. The van der Waals surface area contributed by atoms with Gasteiger partial charge in [-0.3, -0.25) is 0 Å². The zero-order valence-corrected chi connectivity index (χ0v) is 13.0. The number of para-hydroxylation sites is 1. The van der Waals surface area contributed by atoms with Gasteiger partial charge in [-0.15, -0.1) is 6.58 Å². The van der Waals surface area contributed by atoms with Crippen molar-refractivity contribution in [2.45, 2.75) is 38.1 Å². The summed E-state index contributed by atoms with van der Waals surface area (Å²) in [6.45, 7) is 5.33. The van der Waals surface area contributed by atoms with Gasteiger partial charge in [-0.25, -0.2) is 9.97 Å². The second-order valence-corrected chi connectivity index (χ2v) is 5.90. The average Bonchev–Trinajstić information content (AvgIpc) is 3.06. The zero-order chi connectivity index (χ0) is 15.4. The average molecular weight is 296 g/mol. The lowest BCUT2D eigenvalue weighted by atomic mass is 10.1. The Morgan fingerprint density at radius 3 is 2.73 bits per heavy atom. The summed E-state index contributed by atoms with van der Waals surface area (Å²) in [6, 6.07) is 8.81. The minimum Gasteiger partial charge on any atom is -0.349 e. The smallest absolute Gasteiger partial charge is 0.140 e. The molecule has 1 aromatic carbocycles. The van der Waals surface area contributed by atoms with Gasteiger partial charge in [0.15, 0.2) is 0 Å². The molecule has 1 heterocycles. The Morgan fingerprint density at radius 2 is 2.00 bits per heavy atom. The minimum atomic E-state index is 0.557. The molecule has 0 unspecified atom stereocenters. The highest BCUT2D eigenvalue weighted by atomic mass is 15.2. The van der Waals surface area contributed by atoms with E-state index in [-0.39, 0.29) is 0 Å². The highest BCUT2D eigenvalue weighted by Gasteiger charge is 2.24. The second-order valence-electron chi connectivity index (χ2n) is 5.90. The molecular weight excluding hydrogens is 272 g/mol. The molecule has 0 saturated heterocycles. The number of hydrogen-bond acceptors (Lipinski definition) is 4. The molecule has 2 aromatic rings. The van der Waals surface area contributed by atoms with Gasteiger partial charge in [-0.05, 0) is 31.5 Å². The Labute approximate surface area is 132 Å². The van der Waals surface area contributed by atoms with Crippen molar-refractivity contribution in [3.8, 4) is 0 Å². The first-order valence-corrected chi connectivity index (χ1v) is 8.16. The summed E-state index contributed by atoms with van der Waals surface area (Å²) in [5, 5.41) is 1.12. The summed E-state index contributed by atoms with van der Waals surface area (Å²) in [5.41, 5.74) is 6.70. The van der Waals surface area contributed by atoms with E-state index in [9.17, 15) is 0 Å². The molecule has 3 rings (SSSR count). The summed E-state index contributed by atoms with van der Waals surface area (Å²) >= 11 is 0. The SMILES string of the molecule is C=CCN(c1nc(CCN)nc2ccccc12)C1CCCC1. The van der Waals surface area contributed by atoms with E-state index in [1.807, 2.05) is 12.1 Å². The molecule has 1 saturated carbocycles. The molecular formula is C18H24N4. The van der Waals surface area contributed by atoms with Crippen LogP contribution in [0, 0.1) is 0 Å². The van der Waals surface area contributed by atoms with E-state index in [0.29, 0.717) is 19.0 Å². The number of fused-ring (bicyclic) bond motifs is 1. The van der Waals surface area contributed by atoms with Crippen LogP contribution >= 0.6 is 0 Å². The molecule has 0 atom stereocenters. The van der Waals surface area contributed by atoms with E-state index in [1.165, 1.54) is 25.7 Å². The van der Waals surface area contributed by atoms with Gasteiger partial charge in [0.25, 0.3) is 0 Å². The number of rotatable bonds is 6. The fourth-order valence-electron chi connectivity index (χ4n) is 3.33. The third kappa shape index (κ3) is 2.97. The molecule has 0 bridgehead atoms. The Kier molecular flexibility index (Phi) is 4.68. The van der Waals surface area contributed by atoms with Crippen molar-refractivity contribution in [1.29, 1.82) is 0 Å². The molecule has 0 radical (unpaired) electrons. The molecule has 22 heavy (non-hydrogen) atoms. The van der Waals surface area contributed by atoms with Crippen LogP contribution in [0.3, 0.4) is 0 Å². The maximum absolute atomic E-state index is 5.70. The first-order chi connectivity index (χ1) is 10.8. The predicted molar refractivity (Wildman–Crippen MR) is 92.1 cm³/mol. The van der Waals surface area contributed by atoms with Crippen molar-refractivity contribution in [1.82, 2.24) is 9.97 Å². The van der Waals surface area contributed by atoms with Crippen molar-refractivity contribution in [3.05, 3.63) is 42.7 Å². The van der Waals surface area contributed by atoms with Crippen LogP contribution in [0.2, 0.25) is 0 Å². The van der Waals surface area contributed by atoms with Crippen LogP contribution < -0.4 is 10.6 Å². The van der Waals surface area contributed by atoms with Gasteiger partial charge >= 0.3 is 0 Å². The number of hydrogen-bond donors (Lipinski definition) is 1. The molecule has 0 spiro atoms. The largest absolute Gasteiger partial charge is 0.349 e. The molecule has 116 valence electrons. The molecule has 1 aliphatic carbocycles. The lowest BCUT2D eigenvalue weighted by molar-refractivity contribution is 0.625. The molecule has 4 nitrogen and oxygen atoms in total. The predicted octanol–water partition coefficient (Wildman–Crippen LogP) is 3.07. The summed E-state index contributed by atoms with van der Waals surface area (Å²) in [7, 11) is 0. The molecule has 0 amide bonds. The van der Waals surface area contributed by atoms with Crippen molar-refractivity contribution >= 4 is 16.7 Å². The summed E-state index contributed by atoms with van der Waals surface area (Å²) in [5.74, 6) is 1.88. The highest BCUT2D eigenvalue weighted by molar-refractivity contribution is 5.89. The highest BCUT2D eigenvalue weighted by Crippen LogP contribution is 2.31. The minimum absolute atomic E-state index is 0.557. The zero-order valence-electron chi connectivity index (χ0n) is 13.0. The fourth-order valence-corrected chi connectivity index (χ4v) is 3.33. The van der Waals surface area contributed by atoms with E-state index in [4.69, 9.17) is 10.7 Å². The number of aromatic nitrogens is 2. The van der Waals surface area contributed by atoms with E-state index >= 15 is 0 Å². The van der Waals surface area contributed by atoms with E-state index in [1.54, 1.807) is 0 Å². The van der Waals surface area contributed by atoms with Gasteiger partial charge in [-0.2, -0.15) is 0 Å². The number of nitrogens with two attached hydrogens (primary N) is 1. The summed E-state index contributed by atoms with van der Waals surface area (Å²) in [4.78, 5) is 11.9. The molecule has 4 heteroatoms. The van der Waals surface area contributed by atoms with Crippen LogP contribution in [-0.4, -0.2) is 29.1 Å². The maximum Gasteiger partial charge on any atom is 0.140 e. The van der Waals surface area contributed by atoms with Crippen LogP contribution in [0.5, 0.6) is 0 Å². The second kappa shape index (κ2) is 6.88. The molecule has 2 N–H and O–H groups in total. The van der Waals surface area contributed by atoms with Crippen LogP contribution in [0.1, 0.15) is 31.5 Å². The number of benzene rings is 1. The third-order valence-electron chi connectivity index (χ3n) is 4.36. The van der Waals surface area contributed by atoms with E-state index in [0.717, 1.165) is 29.1 Å². The van der Waals surface area contributed by atoms with Gasteiger partial charge in [-0.1, -0.05) is 31.1 Å². The van der Waals surface area contributed by atoms with Gasteiger partial charge in [0, 0.05) is 24.4 Å². The lowest BCUT2D eigenvalue weighted by Gasteiger charge is -2.30. The quantitative estimate of drug-likeness (QED) is 0.832. The van der Waals surface area contributed by atoms with Crippen LogP contribution in [0.25, 0.3) is 10.9 Å². The van der Waals surface area contributed by atoms with Crippen molar-refractivity contribution < 1.29 is 0 Å². The van der Waals surface area contributed by atoms with Gasteiger partial charge in [0.1, 0.15) is 11.6 Å². The van der Waals surface area contributed by atoms with Crippen LogP contribution in [-0.2, 0) is 6.42 Å². The van der Waals surface area contributed by atoms with Crippen LogP contribution in [0.4, 0.5) is 5.82 Å². The first kappa shape index (κ1) is 15.0. The standard InChI is InChI=1S/C18H24N4/c1-2-13-22(14-7-3-4-8-14)18-15-9-5-6-10-16(15)20-17(21-18)11-12-19/h2,5-6,9-10,14H,1,3-4,7-8,11-13,19H2. The lowest BCUT2D eigenvalue weighted by Crippen LogP contribution is -2.34. The normalized spacial score (nSPS) is 15.3. The Morgan fingerprint density at radius 1 is 1.23 bits per heavy atom. The van der Waals surface area contributed by atoms with Crippen molar-refractivity contribution in [2.24, 2.45) is 5.73 Å². The third-order valence-corrected chi connectivity index (χ3v) is 4.36. The van der Waals surface area contributed by atoms with Gasteiger partial charge in [0.05, 0.1) is 5.52 Å². The monoisotopic (exact) mass is 296 g/mol. The number of nitrogens with zero attached hydrogens (tertiary/aromatic N) is 3. The van der Waals surface area contributed by atoms with Crippen LogP contribution in [0.15, 0.2) is 36.9 Å². The Bertz CT molecular complexity index is 647. The fraction of sp³-hybridized carbons (Fsp3) is 0.444. The Hall–Kier alpha value is -1.94. The van der Waals surface area contributed by atoms with Crippen molar-refractivity contribution in [2.75, 3.05) is 18.0 Å². The molecule has 0 aliphatic heterocycles. The summed E-state index contributed by atoms with van der Waals surface area (Å²) in [6.07, 6.45) is 7.76. The van der Waals surface area contributed by atoms with Gasteiger partial charge < -0.3 is 10.6 Å². The first-order valence-electron chi connectivity index (χ1n) is 8.16. The maximum atomic E-state index is 5.70. The topological polar surface area (TPSA) is 55.0 Å².